The normalized spacial score (nSPS) is 11.9. The molecule has 1 N–H and O–H groups in total. The number of nitrogens with one attached hydrogen (secondary N) is 1. The van der Waals surface area contributed by atoms with E-state index in [1.807, 2.05) is 7.05 Å². The fourth-order valence-corrected chi connectivity index (χ4v) is 1.71. The summed E-state index contributed by atoms with van der Waals surface area (Å²) >= 11 is 3.53. The van der Waals surface area contributed by atoms with Crippen molar-refractivity contribution in [3.63, 3.8) is 0 Å². The molecule has 0 fully saturated rings. The van der Waals surface area contributed by atoms with Gasteiger partial charge < -0.3 is 5.32 Å². The summed E-state index contributed by atoms with van der Waals surface area (Å²) in [6, 6.07) is 6.41. The van der Waals surface area contributed by atoms with E-state index in [2.05, 4.69) is 59.4 Å². The van der Waals surface area contributed by atoms with Crippen LogP contribution >= 0.6 is 15.9 Å². The van der Waals surface area contributed by atoms with Gasteiger partial charge in [0.25, 0.3) is 0 Å². The van der Waals surface area contributed by atoms with Crippen molar-refractivity contribution in [2.45, 2.75) is 13.8 Å². The van der Waals surface area contributed by atoms with Crippen molar-refractivity contribution in [2.75, 3.05) is 13.6 Å². The molecule has 1 aromatic rings. The van der Waals surface area contributed by atoms with E-state index in [1.54, 1.807) is 0 Å². The molecule has 0 amide bonds. The van der Waals surface area contributed by atoms with Gasteiger partial charge in [-0.1, -0.05) is 39.7 Å². The molecule has 0 saturated heterocycles. The van der Waals surface area contributed by atoms with Crippen molar-refractivity contribution in [1.82, 2.24) is 5.32 Å². The minimum atomic E-state index is 0.936. The first-order chi connectivity index (χ1) is 6.63. The van der Waals surface area contributed by atoms with Crippen LogP contribution in [0.4, 0.5) is 0 Å². The zero-order valence-electron chi connectivity index (χ0n) is 8.89. The van der Waals surface area contributed by atoms with E-state index < -0.39 is 0 Å². The third-order valence-electron chi connectivity index (χ3n) is 2.06. The highest BCUT2D eigenvalue weighted by atomic mass is 79.9. The van der Waals surface area contributed by atoms with Crippen molar-refractivity contribution in [1.29, 1.82) is 0 Å². The average molecular weight is 254 g/mol. The molecule has 0 unspecified atom stereocenters. The zero-order valence-corrected chi connectivity index (χ0v) is 10.5. The van der Waals surface area contributed by atoms with Gasteiger partial charge in [0.1, 0.15) is 0 Å². The number of rotatable bonds is 3. The lowest BCUT2D eigenvalue weighted by Gasteiger charge is -2.02. The Hall–Kier alpha value is -0.600. The van der Waals surface area contributed by atoms with Gasteiger partial charge in [0.15, 0.2) is 0 Å². The molecular weight excluding hydrogens is 238 g/mol. The quantitative estimate of drug-likeness (QED) is 0.871. The zero-order chi connectivity index (χ0) is 10.6. The maximum Gasteiger partial charge on any atom is 0.0210 e. The molecule has 0 radical (unpaired) electrons. The van der Waals surface area contributed by atoms with E-state index in [-0.39, 0.29) is 0 Å². The summed E-state index contributed by atoms with van der Waals surface area (Å²) in [5, 5.41) is 3.13. The first kappa shape index (κ1) is 11.5. The lowest BCUT2D eigenvalue weighted by atomic mass is 10.1. The number of hydrogen-bond donors (Lipinski definition) is 1. The third-order valence-corrected chi connectivity index (χ3v) is 2.92. The van der Waals surface area contributed by atoms with Crippen LogP contribution in [0.5, 0.6) is 0 Å². The second-order valence-corrected chi connectivity index (χ2v) is 4.38. The summed E-state index contributed by atoms with van der Waals surface area (Å²) in [5.74, 6) is 0. The van der Waals surface area contributed by atoms with Crippen molar-refractivity contribution >= 4 is 22.0 Å². The van der Waals surface area contributed by atoms with E-state index in [1.165, 1.54) is 21.2 Å². The molecule has 0 aliphatic heterocycles. The van der Waals surface area contributed by atoms with Crippen LogP contribution in [-0.4, -0.2) is 13.6 Å². The molecule has 0 spiro atoms. The van der Waals surface area contributed by atoms with E-state index in [0.29, 0.717) is 0 Å². The van der Waals surface area contributed by atoms with Crippen LogP contribution in [0.2, 0.25) is 0 Å². The third kappa shape index (κ3) is 3.28. The van der Waals surface area contributed by atoms with E-state index in [9.17, 15) is 0 Å². The van der Waals surface area contributed by atoms with Crippen LogP contribution in [-0.2, 0) is 0 Å². The van der Waals surface area contributed by atoms with Gasteiger partial charge in [0.05, 0.1) is 0 Å². The molecular formula is C12H16BrN. The number of aryl methyl sites for hydroxylation is 1. The van der Waals surface area contributed by atoms with Crippen LogP contribution in [0.1, 0.15) is 18.1 Å². The maximum absolute atomic E-state index is 3.53. The lowest BCUT2D eigenvalue weighted by molar-refractivity contribution is 0.884. The van der Waals surface area contributed by atoms with Gasteiger partial charge >= 0.3 is 0 Å². The number of benzene rings is 1. The molecule has 0 saturated carbocycles. The lowest BCUT2D eigenvalue weighted by Crippen LogP contribution is -2.08. The summed E-state index contributed by atoms with van der Waals surface area (Å²) < 4.78 is 1.17. The van der Waals surface area contributed by atoms with Gasteiger partial charge in [-0.15, -0.1) is 0 Å². The first-order valence-electron chi connectivity index (χ1n) is 4.71. The fraction of sp³-hybridized carbons (Fsp3) is 0.333. The molecule has 0 aromatic heterocycles. The summed E-state index contributed by atoms with van der Waals surface area (Å²) in [6.45, 7) is 5.16. The smallest absolute Gasteiger partial charge is 0.0210 e. The van der Waals surface area contributed by atoms with Gasteiger partial charge in [-0.3, -0.25) is 0 Å². The van der Waals surface area contributed by atoms with Gasteiger partial charge in [-0.05, 0) is 38.1 Å². The Morgan fingerprint density at radius 3 is 2.79 bits per heavy atom. The van der Waals surface area contributed by atoms with Crippen LogP contribution in [0.3, 0.4) is 0 Å². The van der Waals surface area contributed by atoms with Gasteiger partial charge in [0.2, 0.25) is 0 Å². The maximum atomic E-state index is 3.53. The van der Waals surface area contributed by atoms with Crippen molar-refractivity contribution < 1.29 is 0 Å². The second-order valence-electron chi connectivity index (χ2n) is 3.53. The molecule has 0 aliphatic carbocycles. The minimum Gasteiger partial charge on any atom is -0.316 e. The van der Waals surface area contributed by atoms with Gasteiger partial charge in [-0.2, -0.15) is 0 Å². The van der Waals surface area contributed by atoms with Crippen LogP contribution in [0.15, 0.2) is 28.2 Å². The fourth-order valence-electron chi connectivity index (χ4n) is 1.31. The largest absolute Gasteiger partial charge is 0.316 e. The topological polar surface area (TPSA) is 12.0 Å². The summed E-state index contributed by atoms with van der Waals surface area (Å²) in [6.07, 6.45) is 2.20. The highest BCUT2D eigenvalue weighted by molar-refractivity contribution is 9.10. The summed E-state index contributed by atoms with van der Waals surface area (Å²) in [5.41, 5.74) is 3.85. The Morgan fingerprint density at radius 2 is 2.21 bits per heavy atom. The Labute approximate surface area is 94.3 Å². The second kappa shape index (κ2) is 5.32. The Bertz CT molecular complexity index is 342. The van der Waals surface area contributed by atoms with E-state index >= 15 is 0 Å². The van der Waals surface area contributed by atoms with Gasteiger partial charge in [-0.25, -0.2) is 0 Å². The van der Waals surface area contributed by atoms with Gasteiger partial charge in [0, 0.05) is 11.0 Å². The van der Waals surface area contributed by atoms with Crippen molar-refractivity contribution in [3.05, 3.63) is 39.4 Å². The SMILES string of the molecule is CNC/C(C)=C/c1ccc(C)c(Br)c1. The van der Waals surface area contributed by atoms with Crippen molar-refractivity contribution in [3.8, 4) is 0 Å². The summed E-state index contributed by atoms with van der Waals surface area (Å²) in [7, 11) is 1.96. The molecule has 2 heteroatoms. The van der Waals surface area contributed by atoms with Crippen LogP contribution in [0, 0.1) is 6.92 Å². The number of likely N-dealkylation sites (N-methyl/N-ethyl adjacent to an activating group) is 1. The average Bonchev–Trinajstić information content (AvgIpc) is 2.12. The molecule has 1 nitrogen and oxygen atoms in total. The molecule has 0 aliphatic rings. The highest BCUT2D eigenvalue weighted by Crippen LogP contribution is 2.18. The molecule has 0 bridgehead atoms. The highest BCUT2D eigenvalue weighted by Gasteiger charge is 1.95. The van der Waals surface area contributed by atoms with Crippen LogP contribution in [0.25, 0.3) is 6.08 Å². The Balaban J connectivity index is 2.87. The van der Waals surface area contributed by atoms with Crippen LogP contribution < -0.4 is 5.32 Å². The van der Waals surface area contributed by atoms with E-state index in [0.717, 1.165) is 6.54 Å². The predicted molar refractivity (Wildman–Crippen MR) is 66.5 cm³/mol. The Morgan fingerprint density at radius 1 is 1.50 bits per heavy atom. The molecule has 0 atom stereocenters. The first-order valence-corrected chi connectivity index (χ1v) is 5.50. The van der Waals surface area contributed by atoms with Crippen molar-refractivity contribution in [2.24, 2.45) is 0 Å². The molecule has 76 valence electrons. The molecule has 1 rings (SSSR count). The molecule has 0 heterocycles. The molecule has 1 aromatic carbocycles. The summed E-state index contributed by atoms with van der Waals surface area (Å²) in [4.78, 5) is 0. The number of hydrogen-bond acceptors (Lipinski definition) is 1. The Kier molecular flexibility index (Phi) is 4.36. The predicted octanol–water partition coefficient (Wildman–Crippen LogP) is 3.38. The number of halogens is 1. The van der Waals surface area contributed by atoms with E-state index in [4.69, 9.17) is 0 Å². The standard InChI is InChI=1S/C12H16BrN/c1-9(8-14-3)6-11-5-4-10(2)12(13)7-11/h4-7,14H,8H2,1-3H3/b9-6+. The monoisotopic (exact) mass is 253 g/mol. The minimum absolute atomic E-state index is 0.936. The molecule has 14 heavy (non-hydrogen) atoms.